The summed E-state index contributed by atoms with van der Waals surface area (Å²) in [6.45, 7) is 3.48. The number of carbonyl (C=O) groups is 2. The van der Waals surface area contributed by atoms with Gasteiger partial charge in [-0.15, -0.1) is 0 Å². The van der Waals surface area contributed by atoms with Crippen molar-refractivity contribution >= 4 is 21.8 Å². The molecule has 2 rings (SSSR count). The van der Waals surface area contributed by atoms with Crippen LogP contribution in [0.2, 0.25) is 0 Å². The Bertz CT molecular complexity index is 676. The van der Waals surface area contributed by atoms with Crippen molar-refractivity contribution in [1.82, 2.24) is 4.31 Å². The van der Waals surface area contributed by atoms with E-state index in [4.69, 9.17) is 4.74 Å². The first-order valence-electron chi connectivity index (χ1n) is 7.58. The number of benzene rings is 1. The van der Waals surface area contributed by atoms with Crippen molar-refractivity contribution in [2.24, 2.45) is 5.41 Å². The summed E-state index contributed by atoms with van der Waals surface area (Å²) in [7, 11) is -3.61. The molecule has 1 aliphatic rings. The molecule has 126 valence electrons. The third-order valence-corrected chi connectivity index (χ3v) is 6.21. The van der Waals surface area contributed by atoms with Gasteiger partial charge in [0.05, 0.1) is 11.5 Å². The number of hydrogen-bond donors (Lipinski definition) is 0. The zero-order chi connectivity index (χ0) is 17.1. The van der Waals surface area contributed by atoms with Crippen LogP contribution in [0.4, 0.5) is 0 Å². The van der Waals surface area contributed by atoms with E-state index in [-0.39, 0.29) is 43.2 Å². The maximum absolute atomic E-state index is 12.6. The van der Waals surface area contributed by atoms with E-state index >= 15 is 0 Å². The van der Waals surface area contributed by atoms with Gasteiger partial charge in [0, 0.05) is 13.1 Å². The molecular formula is C16H21NO5S. The molecule has 0 aliphatic carbocycles. The molecule has 0 spiro atoms. The summed E-state index contributed by atoms with van der Waals surface area (Å²) in [6, 6.07) is 8.14. The first-order valence-corrected chi connectivity index (χ1v) is 9.02. The Kier molecular flexibility index (Phi) is 5.21. The van der Waals surface area contributed by atoms with Crippen LogP contribution in [0.5, 0.6) is 0 Å². The molecule has 1 aromatic rings. The van der Waals surface area contributed by atoms with E-state index < -0.39 is 21.4 Å². The molecule has 0 N–H and O–H groups in total. The molecule has 1 aromatic carbocycles. The molecule has 0 bridgehead atoms. The molecule has 0 unspecified atom stereocenters. The first kappa shape index (κ1) is 17.6. The third-order valence-electron chi connectivity index (χ3n) is 4.30. The van der Waals surface area contributed by atoms with Gasteiger partial charge >= 0.3 is 5.97 Å². The Labute approximate surface area is 136 Å². The lowest BCUT2D eigenvalue weighted by atomic mass is 9.76. The van der Waals surface area contributed by atoms with Gasteiger partial charge in [-0.1, -0.05) is 18.2 Å². The average Bonchev–Trinajstić information content (AvgIpc) is 2.55. The summed E-state index contributed by atoms with van der Waals surface area (Å²) >= 11 is 0. The highest BCUT2D eigenvalue weighted by atomic mass is 32.2. The first-order chi connectivity index (χ1) is 10.8. The number of nitrogens with zero attached hydrogens (tertiary/aromatic N) is 1. The van der Waals surface area contributed by atoms with Crippen LogP contribution in [0.3, 0.4) is 0 Å². The van der Waals surface area contributed by atoms with Crippen LogP contribution in [0.15, 0.2) is 35.2 Å². The van der Waals surface area contributed by atoms with Gasteiger partial charge in [0.15, 0.2) is 0 Å². The molecule has 23 heavy (non-hydrogen) atoms. The fraction of sp³-hybridized carbons (Fsp3) is 0.500. The topological polar surface area (TPSA) is 80.8 Å². The van der Waals surface area contributed by atoms with E-state index in [2.05, 4.69) is 0 Å². The van der Waals surface area contributed by atoms with E-state index in [1.54, 1.807) is 25.1 Å². The van der Waals surface area contributed by atoms with Crippen LogP contribution >= 0.6 is 0 Å². The second-order valence-electron chi connectivity index (χ2n) is 5.58. The van der Waals surface area contributed by atoms with Crippen molar-refractivity contribution in [2.75, 3.05) is 19.7 Å². The van der Waals surface area contributed by atoms with E-state index in [9.17, 15) is 18.0 Å². The maximum atomic E-state index is 12.6. The summed E-state index contributed by atoms with van der Waals surface area (Å²) < 4.78 is 31.5. The molecule has 1 saturated heterocycles. The van der Waals surface area contributed by atoms with Gasteiger partial charge in [-0.2, -0.15) is 4.31 Å². The van der Waals surface area contributed by atoms with Crippen molar-refractivity contribution in [3.8, 4) is 0 Å². The number of piperidine rings is 1. The minimum atomic E-state index is -3.61. The standard InChI is InChI=1S/C16H21NO5S/c1-3-22-15(19)16(13(2)18)9-11-17(12-10-16)23(20,21)14-7-5-4-6-8-14/h4-8H,3,9-12H2,1-2H3. The third kappa shape index (κ3) is 3.30. The SMILES string of the molecule is CCOC(=O)C1(C(C)=O)CCN(S(=O)(=O)c2ccccc2)CC1. The van der Waals surface area contributed by atoms with Gasteiger partial charge in [0.25, 0.3) is 0 Å². The maximum Gasteiger partial charge on any atom is 0.319 e. The van der Waals surface area contributed by atoms with Gasteiger partial charge in [0.1, 0.15) is 11.2 Å². The predicted octanol–water partition coefficient (Wildman–Crippen LogP) is 1.61. The predicted molar refractivity (Wildman–Crippen MR) is 84.2 cm³/mol. The van der Waals surface area contributed by atoms with Crippen LogP contribution in [0.1, 0.15) is 26.7 Å². The minimum Gasteiger partial charge on any atom is -0.465 e. The molecule has 7 heteroatoms. The number of esters is 1. The van der Waals surface area contributed by atoms with E-state index in [0.717, 1.165) is 0 Å². The van der Waals surface area contributed by atoms with Crippen LogP contribution in [0, 0.1) is 5.41 Å². The Morgan fingerprint density at radius 2 is 1.74 bits per heavy atom. The fourth-order valence-corrected chi connectivity index (χ4v) is 4.28. The summed E-state index contributed by atoms with van der Waals surface area (Å²) in [5, 5.41) is 0. The minimum absolute atomic E-state index is 0.121. The molecule has 0 aromatic heterocycles. The lowest BCUT2D eigenvalue weighted by molar-refractivity contribution is -0.162. The lowest BCUT2D eigenvalue weighted by Crippen LogP contribution is -2.50. The monoisotopic (exact) mass is 339 g/mol. The van der Waals surface area contributed by atoms with Crippen molar-refractivity contribution in [1.29, 1.82) is 0 Å². The van der Waals surface area contributed by atoms with Crippen molar-refractivity contribution < 1.29 is 22.7 Å². The summed E-state index contributed by atoms with van der Waals surface area (Å²) in [4.78, 5) is 24.4. The molecule has 6 nitrogen and oxygen atoms in total. The Balaban J connectivity index is 2.19. The highest BCUT2D eigenvalue weighted by Crippen LogP contribution is 2.36. The summed E-state index contributed by atoms with van der Waals surface area (Å²) in [6.07, 6.45) is 0.292. The quantitative estimate of drug-likeness (QED) is 0.601. The second kappa shape index (κ2) is 6.80. The van der Waals surface area contributed by atoms with Gasteiger partial charge in [-0.05, 0) is 38.8 Å². The molecule has 0 saturated carbocycles. The van der Waals surface area contributed by atoms with Gasteiger partial charge in [-0.25, -0.2) is 8.42 Å². The number of Topliss-reactive ketones (excluding diaryl/α,β-unsaturated/α-hetero) is 1. The van der Waals surface area contributed by atoms with Crippen molar-refractivity contribution in [3.63, 3.8) is 0 Å². The van der Waals surface area contributed by atoms with Crippen LogP contribution in [-0.4, -0.2) is 44.2 Å². The van der Waals surface area contributed by atoms with Crippen molar-refractivity contribution in [2.45, 2.75) is 31.6 Å². The highest BCUT2D eigenvalue weighted by molar-refractivity contribution is 7.89. The van der Waals surface area contributed by atoms with E-state index in [0.29, 0.717) is 0 Å². The van der Waals surface area contributed by atoms with Crippen LogP contribution in [0.25, 0.3) is 0 Å². The van der Waals surface area contributed by atoms with Crippen LogP contribution < -0.4 is 0 Å². The molecular weight excluding hydrogens is 318 g/mol. The Morgan fingerprint density at radius 1 is 1.17 bits per heavy atom. The zero-order valence-corrected chi connectivity index (χ0v) is 14.1. The summed E-state index contributed by atoms with van der Waals surface area (Å²) in [5.74, 6) is -0.822. The van der Waals surface area contributed by atoms with Crippen molar-refractivity contribution in [3.05, 3.63) is 30.3 Å². The molecule has 0 radical (unpaired) electrons. The molecule has 1 heterocycles. The van der Waals surface area contributed by atoms with Gasteiger partial charge in [0.2, 0.25) is 10.0 Å². The van der Waals surface area contributed by atoms with Crippen LogP contribution in [-0.2, 0) is 24.3 Å². The van der Waals surface area contributed by atoms with Gasteiger partial charge in [-0.3, -0.25) is 9.59 Å². The average molecular weight is 339 g/mol. The fourth-order valence-electron chi connectivity index (χ4n) is 2.82. The molecule has 1 fully saturated rings. The largest absolute Gasteiger partial charge is 0.465 e. The number of sulfonamides is 1. The number of ether oxygens (including phenoxy) is 1. The zero-order valence-electron chi connectivity index (χ0n) is 13.3. The Morgan fingerprint density at radius 3 is 2.22 bits per heavy atom. The lowest BCUT2D eigenvalue weighted by Gasteiger charge is -2.37. The second-order valence-corrected chi connectivity index (χ2v) is 7.51. The number of rotatable bonds is 5. The number of carbonyl (C=O) groups excluding carboxylic acids is 2. The Hall–Kier alpha value is -1.73. The molecule has 0 atom stereocenters. The normalized spacial score (nSPS) is 18.3. The van der Waals surface area contributed by atoms with E-state index in [1.807, 2.05) is 0 Å². The van der Waals surface area contributed by atoms with E-state index in [1.165, 1.54) is 23.4 Å². The number of hydrogen-bond acceptors (Lipinski definition) is 5. The molecule has 0 amide bonds. The summed E-state index contributed by atoms with van der Waals surface area (Å²) in [5.41, 5.74) is -1.22. The van der Waals surface area contributed by atoms with Gasteiger partial charge < -0.3 is 4.74 Å². The highest BCUT2D eigenvalue weighted by Gasteiger charge is 2.48. The smallest absolute Gasteiger partial charge is 0.319 e. The molecule has 1 aliphatic heterocycles. The number of ketones is 1.